The van der Waals surface area contributed by atoms with Crippen LogP contribution in [0.25, 0.3) is 0 Å². The second-order valence-electron chi connectivity index (χ2n) is 4.09. The Morgan fingerprint density at radius 3 is 2.40 bits per heavy atom. The molecule has 1 saturated heterocycles. The molecule has 1 aliphatic heterocycles. The van der Waals surface area contributed by atoms with Crippen LogP contribution in [0.4, 0.5) is 0 Å². The molecule has 1 rings (SSSR count). The number of nitrogens with one attached hydrogen (secondary N) is 1. The van der Waals surface area contributed by atoms with Crippen molar-refractivity contribution < 1.29 is 19.4 Å². The van der Waals surface area contributed by atoms with Gasteiger partial charge in [0.25, 0.3) is 0 Å². The molecule has 0 aromatic rings. The molecule has 5 heteroatoms. The van der Waals surface area contributed by atoms with Crippen molar-refractivity contribution in [3.05, 3.63) is 0 Å². The zero-order valence-electron chi connectivity index (χ0n) is 8.97. The number of amides is 1. The van der Waals surface area contributed by atoms with Gasteiger partial charge in [-0.05, 0) is 32.6 Å². The molecule has 1 unspecified atom stereocenters. The maximum Gasteiger partial charge on any atom is 0.326 e. The maximum atomic E-state index is 10.9. The number of hydrogen-bond donors (Lipinski definition) is 2. The molecule has 2 N–H and O–H groups in total. The fourth-order valence-electron chi connectivity index (χ4n) is 2.21. The van der Waals surface area contributed by atoms with Gasteiger partial charge in [0.1, 0.15) is 6.04 Å². The maximum absolute atomic E-state index is 10.9. The van der Waals surface area contributed by atoms with Crippen LogP contribution in [0.5, 0.6) is 0 Å². The summed E-state index contributed by atoms with van der Waals surface area (Å²) in [7, 11) is 0. The van der Waals surface area contributed by atoms with Crippen molar-refractivity contribution in [1.29, 1.82) is 0 Å². The van der Waals surface area contributed by atoms with Crippen LogP contribution in [-0.2, 0) is 14.3 Å². The number of aliphatic carboxylic acids is 1. The lowest BCUT2D eigenvalue weighted by Gasteiger charge is -2.34. The molecule has 1 amide bonds. The first-order valence-electron chi connectivity index (χ1n) is 5.12. The minimum absolute atomic E-state index is 0.0496. The second kappa shape index (κ2) is 5.11. The molecular weight excluding hydrogens is 198 g/mol. The van der Waals surface area contributed by atoms with Gasteiger partial charge in [0.2, 0.25) is 6.41 Å². The first kappa shape index (κ1) is 12.0. The Bertz CT molecular complexity index is 234. The predicted molar refractivity (Wildman–Crippen MR) is 53.4 cm³/mol. The average Bonchev–Trinajstić information content (AvgIpc) is 2.11. The van der Waals surface area contributed by atoms with Gasteiger partial charge >= 0.3 is 5.97 Å². The summed E-state index contributed by atoms with van der Waals surface area (Å²) in [6.45, 7) is 3.84. The van der Waals surface area contributed by atoms with Crippen molar-refractivity contribution in [3.8, 4) is 0 Å². The van der Waals surface area contributed by atoms with E-state index in [0.717, 1.165) is 0 Å². The predicted octanol–water partition coefficient (Wildman–Crippen LogP) is 0.389. The van der Waals surface area contributed by atoms with E-state index < -0.39 is 12.0 Å². The average molecular weight is 215 g/mol. The van der Waals surface area contributed by atoms with E-state index in [1.807, 2.05) is 13.8 Å². The third-order valence-electron chi connectivity index (χ3n) is 2.72. The van der Waals surface area contributed by atoms with Crippen LogP contribution >= 0.6 is 0 Å². The van der Waals surface area contributed by atoms with Gasteiger partial charge in [-0.25, -0.2) is 4.79 Å². The molecule has 0 saturated carbocycles. The molecule has 0 aromatic heterocycles. The summed E-state index contributed by atoms with van der Waals surface area (Å²) >= 11 is 0. The molecule has 3 atom stereocenters. The number of hydrogen-bond acceptors (Lipinski definition) is 3. The first-order chi connectivity index (χ1) is 7.04. The highest BCUT2D eigenvalue weighted by Gasteiger charge is 2.34. The van der Waals surface area contributed by atoms with E-state index >= 15 is 0 Å². The van der Waals surface area contributed by atoms with Gasteiger partial charge in [-0.1, -0.05) is 0 Å². The van der Waals surface area contributed by atoms with Crippen LogP contribution in [0.3, 0.4) is 0 Å². The minimum Gasteiger partial charge on any atom is -0.480 e. The molecule has 1 aliphatic rings. The molecule has 1 fully saturated rings. The second-order valence-corrected chi connectivity index (χ2v) is 4.09. The summed E-state index contributed by atoms with van der Waals surface area (Å²) in [4.78, 5) is 21.3. The lowest BCUT2D eigenvalue weighted by Crippen LogP contribution is -2.46. The highest BCUT2D eigenvalue weighted by atomic mass is 16.5. The van der Waals surface area contributed by atoms with Crippen LogP contribution in [0.15, 0.2) is 0 Å². The number of carboxylic acid groups (broad SMARTS) is 1. The molecule has 0 aliphatic carbocycles. The third kappa shape index (κ3) is 3.20. The van der Waals surface area contributed by atoms with Crippen LogP contribution < -0.4 is 5.32 Å². The number of carboxylic acids is 1. The van der Waals surface area contributed by atoms with Gasteiger partial charge in [0.05, 0.1) is 12.2 Å². The standard InChI is InChI=1S/C10H17NO4/c1-6-3-8(4-7(2)15-6)9(10(13)14)11-5-12/h5-9H,3-4H2,1-2H3,(H,11,12)(H,13,14)/t6-,7-,9?/m1/s1. The normalized spacial score (nSPS) is 33.1. The summed E-state index contributed by atoms with van der Waals surface area (Å²) in [5, 5.41) is 11.3. The van der Waals surface area contributed by atoms with Gasteiger partial charge in [0.15, 0.2) is 0 Å². The largest absolute Gasteiger partial charge is 0.480 e. The Morgan fingerprint density at radius 2 is 2.00 bits per heavy atom. The summed E-state index contributed by atoms with van der Waals surface area (Å²) < 4.78 is 5.52. The summed E-state index contributed by atoms with van der Waals surface area (Å²) in [5.74, 6) is -1.03. The number of rotatable bonds is 4. The molecule has 0 bridgehead atoms. The van der Waals surface area contributed by atoms with Crippen molar-refractivity contribution in [3.63, 3.8) is 0 Å². The zero-order valence-corrected chi connectivity index (χ0v) is 8.97. The van der Waals surface area contributed by atoms with Crippen LogP contribution in [0, 0.1) is 5.92 Å². The third-order valence-corrected chi connectivity index (χ3v) is 2.72. The lowest BCUT2D eigenvalue weighted by molar-refractivity contribution is -0.145. The van der Waals surface area contributed by atoms with E-state index in [0.29, 0.717) is 19.3 Å². The quantitative estimate of drug-likeness (QED) is 0.665. The Labute approximate surface area is 88.8 Å². The lowest BCUT2D eigenvalue weighted by atomic mass is 9.86. The fourth-order valence-corrected chi connectivity index (χ4v) is 2.21. The Hall–Kier alpha value is -1.10. The molecule has 15 heavy (non-hydrogen) atoms. The van der Waals surface area contributed by atoms with E-state index in [4.69, 9.17) is 9.84 Å². The van der Waals surface area contributed by atoms with Crippen molar-refractivity contribution in [2.75, 3.05) is 0 Å². The van der Waals surface area contributed by atoms with Crippen molar-refractivity contribution in [2.45, 2.75) is 44.9 Å². The van der Waals surface area contributed by atoms with Crippen LogP contribution in [0.1, 0.15) is 26.7 Å². The Balaban J connectivity index is 2.65. The van der Waals surface area contributed by atoms with E-state index in [1.54, 1.807) is 0 Å². The summed E-state index contributed by atoms with van der Waals surface area (Å²) in [5.41, 5.74) is 0. The molecule has 1 heterocycles. The van der Waals surface area contributed by atoms with Crippen molar-refractivity contribution >= 4 is 12.4 Å². The minimum atomic E-state index is -0.978. The first-order valence-corrected chi connectivity index (χ1v) is 5.12. The van der Waals surface area contributed by atoms with Gasteiger partial charge in [-0.15, -0.1) is 0 Å². The monoisotopic (exact) mass is 215 g/mol. The van der Waals surface area contributed by atoms with E-state index in [9.17, 15) is 9.59 Å². The molecular formula is C10H17NO4. The van der Waals surface area contributed by atoms with Gasteiger partial charge in [-0.2, -0.15) is 0 Å². The topological polar surface area (TPSA) is 75.6 Å². The van der Waals surface area contributed by atoms with Gasteiger partial charge in [0, 0.05) is 0 Å². The van der Waals surface area contributed by atoms with Crippen LogP contribution in [0.2, 0.25) is 0 Å². The summed E-state index contributed by atoms with van der Waals surface area (Å²) in [6.07, 6.45) is 1.89. The molecule has 0 aromatic carbocycles. The highest BCUT2D eigenvalue weighted by Crippen LogP contribution is 2.27. The molecule has 5 nitrogen and oxygen atoms in total. The highest BCUT2D eigenvalue weighted by molar-refractivity contribution is 5.76. The van der Waals surface area contributed by atoms with Crippen LogP contribution in [-0.4, -0.2) is 35.7 Å². The molecule has 86 valence electrons. The van der Waals surface area contributed by atoms with Gasteiger partial charge < -0.3 is 15.2 Å². The fraction of sp³-hybridized carbons (Fsp3) is 0.800. The van der Waals surface area contributed by atoms with E-state index in [-0.39, 0.29) is 18.1 Å². The number of carbonyl (C=O) groups is 2. The number of carbonyl (C=O) groups excluding carboxylic acids is 1. The number of ether oxygens (including phenoxy) is 1. The van der Waals surface area contributed by atoms with E-state index in [2.05, 4.69) is 5.32 Å². The smallest absolute Gasteiger partial charge is 0.326 e. The van der Waals surface area contributed by atoms with E-state index in [1.165, 1.54) is 0 Å². The Morgan fingerprint density at radius 1 is 1.47 bits per heavy atom. The summed E-state index contributed by atoms with van der Waals surface area (Å²) in [6, 6.07) is -0.795. The van der Waals surface area contributed by atoms with Crippen molar-refractivity contribution in [2.24, 2.45) is 5.92 Å². The molecule has 0 radical (unpaired) electrons. The SMILES string of the molecule is C[C@@H]1CC(C(NC=O)C(=O)O)C[C@@H](C)O1. The van der Waals surface area contributed by atoms with Crippen molar-refractivity contribution in [1.82, 2.24) is 5.32 Å². The Kier molecular flexibility index (Phi) is 4.08. The zero-order chi connectivity index (χ0) is 11.4. The molecule has 0 spiro atoms. The van der Waals surface area contributed by atoms with Gasteiger partial charge in [-0.3, -0.25) is 4.79 Å².